The van der Waals surface area contributed by atoms with Gasteiger partial charge in [-0.05, 0) is 22.6 Å². The molecule has 1 aromatic heterocycles. The zero-order valence-corrected chi connectivity index (χ0v) is 11.3. The first kappa shape index (κ1) is 12.0. The third kappa shape index (κ3) is 2.85. The number of hydrogen-bond donors (Lipinski definition) is 0. The number of thiophene rings is 1. The van der Waals surface area contributed by atoms with Gasteiger partial charge in [0.25, 0.3) is 0 Å². The molecule has 0 radical (unpaired) electrons. The average molecular weight is 266 g/mol. The molecular formula is C17H14OS. The molecule has 0 aliphatic heterocycles. The molecule has 0 aliphatic rings. The SMILES string of the molecule is c1ccc(COc2ccsc2-c2ccccc2)cc1. The van der Waals surface area contributed by atoms with E-state index in [2.05, 4.69) is 41.8 Å². The van der Waals surface area contributed by atoms with Crippen molar-refractivity contribution in [1.29, 1.82) is 0 Å². The van der Waals surface area contributed by atoms with Gasteiger partial charge in [0.15, 0.2) is 0 Å². The highest BCUT2D eigenvalue weighted by atomic mass is 32.1. The van der Waals surface area contributed by atoms with Crippen molar-refractivity contribution in [1.82, 2.24) is 0 Å². The Morgan fingerprint density at radius 2 is 1.47 bits per heavy atom. The second-order valence-electron chi connectivity index (χ2n) is 4.25. The lowest BCUT2D eigenvalue weighted by Gasteiger charge is -2.07. The summed E-state index contributed by atoms with van der Waals surface area (Å²) in [5.41, 5.74) is 2.40. The highest BCUT2D eigenvalue weighted by Crippen LogP contribution is 2.35. The summed E-state index contributed by atoms with van der Waals surface area (Å²) in [6.07, 6.45) is 0. The molecular weight excluding hydrogens is 252 g/mol. The predicted molar refractivity (Wildman–Crippen MR) is 80.5 cm³/mol. The van der Waals surface area contributed by atoms with Crippen molar-refractivity contribution < 1.29 is 4.74 Å². The summed E-state index contributed by atoms with van der Waals surface area (Å²) >= 11 is 1.71. The van der Waals surface area contributed by atoms with E-state index in [0.29, 0.717) is 6.61 Å². The molecule has 0 saturated carbocycles. The third-order valence-electron chi connectivity index (χ3n) is 2.90. The van der Waals surface area contributed by atoms with Crippen LogP contribution in [0.25, 0.3) is 10.4 Å². The third-order valence-corrected chi connectivity index (χ3v) is 3.85. The largest absolute Gasteiger partial charge is 0.487 e. The van der Waals surface area contributed by atoms with Crippen LogP contribution in [0.5, 0.6) is 5.75 Å². The second-order valence-corrected chi connectivity index (χ2v) is 5.17. The van der Waals surface area contributed by atoms with E-state index in [-0.39, 0.29) is 0 Å². The number of hydrogen-bond acceptors (Lipinski definition) is 2. The lowest BCUT2D eigenvalue weighted by molar-refractivity contribution is 0.309. The van der Waals surface area contributed by atoms with Crippen LogP contribution in [0.15, 0.2) is 72.1 Å². The van der Waals surface area contributed by atoms with E-state index in [4.69, 9.17) is 4.74 Å². The highest BCUT2D eigenvalue weighted by Gasteiger charge is 2.07. The molecule has 94 valence electrons. The van der Waals surface area contributed by atoms with E-state index in [1.54, 1.807) is 11.3 Å². The van der Waals surface area contributed by atoms with Gasteiger partial charge in [0.2, 0.25) is 0 Å². The molecule has 19 heavy (non-hydrogen) atoms. The molecule has 3 rings (SSSR count). The normalized spacial score (nSPS) is 10.3. The van der Waals surface area contributed by atoms with Crippen LogP contribution in [0.2, 0.25) is 0 Å². The molecule has 2 aromatic carbocycles. The van der Waals surface area contributed by atoms with Gasteiger partial charge >= 0.3 is 0 Å². The Hall–Kier alpha value is -2.06. The van der Waals surface area contributed by atoms with Crippen molar-refractivity contribution in [3.05, 3.63) is 77.7 Å². The van der Waals surface area contributed by atoms with Crippen molar-refractivity contribution in [3.63, 3.8) is 0 Å². The van der Waals surface area contributed by atoms with Crippen molar-refractivity contribution >= 4 is 11.3 Å². The molecule has 0 aliphatic carbocycles. The summed E-state index contributed by atoms with van der Waals surface area (Å²) in [7, 11) is 0. The van der Waals surface area contributed by atoms with Crippen LogP contribution < -0.4 is 4.74 Å². The topological polar surface area (TPSA) is 9.23 Å². The first-order chi connectivity index (χ1) is 9.43. The van der Waals surface area contributed by atoms with Crippen LogP contribution in [0.3, 0.4) is 0 Å². The van der Waals surface area contributed by atoms with Crippen molar-refractivity contribution in [2.45, 2.75) is 6.61 Å². The van der Waals surface area contributed by atoms with E-state index in [1.165, 1.54) is 16.0 Å². The van der Waals surface area contributed by atoms with Crippen molar-refractivity contribution in [2.24, 2.45) is 0 Å². The van der Waals surface area contributed by atoms with Crippen molar-refractivity contribution in [2.75, 3.05) is 0 Å². The number of rotatable bonds is 4. The molecule has 2 heteroatoms. The summed E-state index contributed by atoms with van der Waals surface area (Å²) in [5.74, 6) is 0.958. The van der Waals surface area contributed by atoms with Crippen LogP contribution in [0, 0.1) is 0 Å². The number of benzene rings is 2. The first-order valence-electron chi connectivity index (χ1n) is 6.23. The van der Waals surface area contributed by atoms with Crippen molar-refractivity contribution in [3.8, 4) is 16.2 Å². The van der Waals surface area contributed by atoms with E-state index in [1.807, 2.05) is 30.3 Å². The molecule has 1 nitrogen and oxygen atoms in total. The Kier molecular flexibility index (Phi) is 3.61. The van der Waals surface area contributed by atoms with Gasteiger partial charge in [0.1, 0.15) is 12.4 Å². The Morgan fingerprint density at radius 1 is 0.789 bits per heavy atom. The maximum absolute atomic E-state index is 5.93. The lowest BCUT2D eigenvalue weighted by Crippen LogP contribution is -1.94. The Balaban J connectivity index is 1.78. The molecule has 0 atom stereocenters. The molecule has 0 N–H and O–H groups in total. The molecule has 0 amide bonds. The van der Waals surface area contributed by atoms with Crippen LogP contribution in [-0.2, 0) is 6.61 Å². The van der Waals surface area contributed by atoms with Crippen LogP contribution in [-0.4, -0.2) is 0 Å². The zero-order valence-electron chi connectivity index (χ0n) is 10.5. The van der Waals surface area contributed by atoms with E-state index in [9.17, 15) is 0 Å². The molecule has 0 saturated heterocycles. The standard InChI is InChI=1S/C17H14OS/c1-3-7-14(8-4-1)13-18-16-11-12-19-17(16)15-9-5-2-6-10-15/h1-12H,13H2. The first-order valence-corrected chi connectivity index (χ1v) is 7.11. The summed E-state index contributed by atoms with van der Waals surface area (Å²) in [6.45, 7) is 0.609. The van der Waals surface area contributed by atoms with Gasteiger partial charge in [-0.1, -0.05) is 60.7 Å². The minimum Gasteiger partial charge on any atom is -0.487 e. The van der Waals surface area contributed by atoms with Gasteiger partial charge in [0, 0.05) is 0 Å². The predicted octanol–water partition coefficient (Wildman–Crippen LogP) is 4.99. The quantitative estimate of drug-likeness (QED) is 0.646. The summed E-state index contributed by atoms with van der Waals surface area (Å²) in [5, 5.41) is 2.07. The fourth-order valence-corrected chi connectivity index (χ4v) is 2.79. The van der Waals surface area contributed by atoms with Gasteiger partial charge in [-0.3, -0.25) is 0 Å². The molecule has 3 aromatic rings. The van der Waals surface area contributed by atoms with Crippen LogP contribution in [0.1, 0.15) is 5.56 Å². The number of ether oxygens (including phenoxy) is 1. The van der Waals surface area contributed by atoms with Gasteiger partial charge in [-0.2, -0.15) is 0 Å². The monoisotopic (exact) mass is 266 g/mol. The fraction of sp³-hybridized carbons (Fsp3) is 0.0588. The highest BCUT2D eigenvalue weighted by molar-refractivity contribution is 7.14. The maximum Gasteiger partial charge on any atom is 0.138 e. The zero-order chi connectivity index (χ0) is 12.9. The van der Waals surface area contributed by atoms with Crippen LogP contribution >= 0.6 is 11.3 Å². The van der Waals surface area contributed by atoms with E-state index < -0.39 is 0 Å². The van der Waals surface area contributed by atoms with E-state index in [0.717, 1.165) is 5.75 Å². The minimum absolute atomic E-state index is 0.609. The molecule has 0 spiro atoms. The average Bonchev–Trinajstić information content (AvgIpc) is 2.95. The molecule has 0 fully saturated rings. The summed E-state index contributed by atoms with van der Waals surface area (Å²) in [4.78, 5) is 1.19. The van der Waals surface area contributed by atoms with Crippen LogP contribution in [0.4, 0.5) is 0 Å². The summed E-state index contributed by atoms with van der Waals surface area (Å²) < 4.78 is 5.93. The maximum atomic E-state index is 5.93. The second kappa shape index (κ2) is 5.72. The van der Waals surface area contributed by atoms with Gasteiger partial charge < -0.3 is 4.74 Å². The Bertz CT molecular complexity index is 629. The molecule has 0 unspecified atom stereocenters. The lowest BCUT2D eigenvalue weighted by atomic mass is 10.2. The van der Waals surface area contributed by atoms with E-state index >= 15 is 0 Å². The van der Waals surface area contributed by atoms with Gasteiger partial charge in [0.05, 0.1) is 4.88 Å². The summed E-state index contributed by atoms with van der Waals surface area (Å²) in [6, 6.07) is 22.6. The van der Waals surface area contributed by atoms with Gasteiger partial charge in [-0.25, -0.2) is 0 Å². The Morgan fingerprint density at radius 3 is 2.21 bits per heavy atom. The van der Waals surface area contributed by atoms with Gasteiger partial charge in [-0.15, -0.1) is 11.3 Å². The molecule has 0 bridgehead atoms. The minimum atomic E-state index is 0.609. The molecule has 1 heterocycles. The fourth-order valence-electron chi connectivity index (χ4n) is 1.95. The smallest absolute Gasteiger partial charge is 0.138 e. The Labute approximate surface area is 117 Å².